The molecule has 0 spiro atoms. The second-order valence-electron chi connectivity index (χ2n) is 2.61. The number of rotatable bonds is 1. The van der Waals surface area contributed by atoms with Crippen LogP contribution in [0.25, 0.3) is 10.9 Å². The molecule has 4 nitrogen and oxygen atoms in total. The molecule has 2 rings (SSSR count). The minimum absolute atomic E-state index is 0.0717. The van der Waals surface area contributed by atoms with Gasteiger partial charge in [-0.3, -0.25) is 0 Å². The summed E-state index contributed by atoms with van der Waals surface area (Å²) in [4.78, 5) is 17.7. The van der Waals surface area contributed by atoms with Gasteiger partial charge in [-0.25, -0.2) is 14.2 Å². The molecule has 0 saturated carbocycles. The van der Waals surface area contributed by atoms with Crippen molar-refractivity contribution < 1.29 is 29.3 Å². The standard InChI is InChI=1S/C8H4ClFN2O2.HI.Os/c9-7-6(10)3-1-4(8(13)14)12-5(3)2-11-7;;/h1-2H,(H2,11,12,13,14);1H;/q;;+1/p-2. The van der Waals surface area contributed by atoms with Crippen LogP contribution in [0.15, 0.2) is 12.3 Å². The summed E-state index contributed by atoms with van der Waals surface area (Å²) in [5, 5.41) is 8.39. The van der Waals surface area contributed by atoms with Crippen molar-refractivity contribution in [1.29, 1.82) is 0 Å². The Hall–Kier alpha value is -0.254. The van der Waals surface area contributed by atoms with Crippen molar-refractivity contribution >= 4 is 48.1 Å². The molecule has 0 amide bonds. The average molecular weight is 531 g/mol. The van der Waals surface area contributed by atoms with Crippen LogP contribution in [0.1, 0.15) is 10.5 Å². The monoisotopic (exact) mass is 532 g/mol. The van der Waals surface area contributed by atoms with Crippen LogP contribution in [0, 0.1) is 5.82 Å². The average Bonchev–Trinajstić information content (AvgIpc) is 2.71. The predicted molar refractivity (Wildman–Crippen MR) is 61.0 cm³/mol. The first-order chi connectivity index (χ1) is 7.59. The Bertz CT molecular complexity index is 534. The summed E-state index contributed by atoms with van der Waals surface area (Å²) in [6.07, 6.45) is 1.23. The molecule has 0 bridgehead atoms. The number of aromatic carboxylic acids is 1. The second kappa shape index (κ2) is 5.89. The van der Waals surface area contributed by atoms with Crippen molar-refractivity contribution in [3.8, 4) is 0 Å². The molecule has 0 aromatic carbocycles. The van der Waals surface area contributed by atoms with Crippen LogP contribution in [0.2, 0.25) is 5.15 Å². The Kier molecular flexibility index (Phi) is 5.09. The summed E-state index contributed by atoms with van der Waals surface area (Å²) in [6.45, 7) is 0. The van der Waals surface area contributed by atoms with E-state index in [-0.39, 0.29) is 21.7 Å². The van der Waals surface area contributed by atoms with Crippen LogP contribution in [-0.4, -0.2) is 16.1 Å². The van der Waals surface area contributed by atoms with E-state index in [1.807, 2.05) is 15.1 Å². The van der Waals surface area contributed by atoms with Crippen LogP contribution in [-0.2, 0) is 15.1 Å². The van der Waals surface area contributed by atoms with E-state index < -0.39 is 11.8 Å². The normalized spacial score (nSPS) is 9.75. The van der Waals surface area contributed by atoms with Crippen molar-refractivity contribution in [2.24, 2.45) is 0 Å². The maximum atomic E-state index is 13.2. The number of hydrogen-bond donors (Lipinski definition) is 1. The predicted octanol–water partition coefficient (Wildman–Crippen LogP) is 2.57. The molecular formula is C8H3ClFIN2O2Os-. The van der Waals surface area contributed by atoms with Gasteiger partial charge in [0, 0.05) is 6.20 Å². The van der Waals surface area contributed by atoms with Gasteiger partial charge in [-0.15, -0.1) is 5.52 Å². The molecule has 1 N–H and O–H groups in total. The number of carboxylic acids is 1. The zero-order chi connectivity index (χ0) is 12.3. The third-order valence-corrected chi connectivity index (χ3v) is 2.00. The van der Waals surface area contributed by atoms with Gasteiger partial charge >= 0.3 is 40.7 Å². The van der Waals surface area contributed by atoms with Gasteiger partial charge in [0.1, 0.15) is 0 Å². The number of halogens is 3. The Morgan fingerprint density at radius 2 is 2.25 bits per heavy atom. The Balaban J connectivity index is 0.000000606. The summed E-state index contributed by atoms with van der Waals surface area (Å²) in [7, 11) is 0. The third-order valence-electron chi connectivity index (χ3n) is 1.73. The quantitative estimate of drug-likeness (QED) is 0.455. The van der Waals surface area contributed by atoms with Gasteiger partial charge in [0.15, 0.2) is 11.0 Å². The van der Waals surface area contributed by atoms with Gasteiger partial charge in [-0.2, -0.15) is 0 Å². The summed E-state index contributed by atoms with van der Waals surface area (Å²) >= 11 is 9.42. The molecule has 0 aliphatic carbocycles. The van der Waals surface area contributed by atoms with E-state index in [4.69, 9.17) is 16.7 Å². The summed E-state index contributed by atoms with van der Waals surface area (Å²) < 4.78 is 13.2. The zero-order valence-electron chi connectivity index (χ0n) is 7.39. The number of nitrogens with zero attached hydrogens (tertiary/aromatic N) is 2. The summed E-state index contributed by atoms with van der Waals surface area (Å²) in [5.41, 5.74) is -0.0349. The molecule has 2 aromatic heterocycles. The molecular weight excluding hydrogens is 528 g/mol. The van der Waals surface area contributed by atoms with Crippen LogP contribution >= 0.6 is 31.3 Å². The number of fused-ring (bicyclic) bond motifs is 1. The molecule has 0 unspecified atom stereocenters. The van der Waals surface area contributed by atoms with Crippen LogP contribution < -0.4 is 4.98 Å². The Morgan fingerprint density at radius 1 is 1.62 bits per heavy atom. The van der Waals surface area contributed by atoms with Crippen molar-refractivity contribution in [1.82, 2.24) is 9.97 Å². The minimum atomic E-state index is -1.21. The van der Waals surface area contributed by atoms with E-state index >= 15 is 0 Å². The first-order valence-corrected chi connectivity index (χ1v) is 11.3. The van der Waals surface area contributed by atoms with E-state index in [0.29, 0.717) is 0 Å². The number of carbonyl (C=O) groups is 1. The molecule has 0 atom stereocenters. The molecule has 16 heavy (non-hydrogen) atoms. The summed E-state index contributed by atoms with van der Waals surface area (Å²) in [5.74, 6) is -1.96. The molecule has 87 valence electrons. The molecule has 0 aliphatic heterocycles. The van der Waals surface area contributed by atoms with E-state index in [9.17, 15) is 9.18 Å². The maximum absolute atomic E-state index is 13.2. The first kappa shape index (κ1) is 13.8. The molecule has 2 aromatic rings. The van der Waals surface area contributed by atoms with Crippen molar-refractivity contribution in [3.05, 3.63) is 28.9 Å². The molecule has 0 aliphatic rings. The van der Waals surface area contributed by atoms with Gasteiger partial charge in [0.2, 0.25) is 0 Å². The van der Waals surface area contributed by atoms with E-state index in [0.717, 1.165) is 6.07 Å². The Morgan fingerprint density at radius 3 is 2.81 bits per heavy atom. The SMILES string of the molecule is O=C(O)c1cc2c(F)c(Cl)ncc2[n-]1.[I][Os]. The van der Waals surface area contributed by atoms with E-state index in [1.54, 1.807) is 0 Å². The number of aromatic nitrogens is 2. The fourth-order valence-electron chi connectivity index (χ4n) is 1.10. The zero-order valence-corrected chi connectivity index (χ0v) is 12.8. The number of carboxylic acid groups (broad SMARTS) is 1. The van der Waals surface area contributed by atoms with Crippen molar-refractivity contribution in [2.45, 2.75) is 0 Å². The van der Waals surface area contributed by atoms with Crippen LogP contribution in [0.5, 0.6) is 0 Å². The number of pyridine rings is 1. The van der Waals surface area contributed by atoms with Crippen molar-refractivity contribution in [3.63, 3.8) is 0 Å². The molecule has 0 saturated heterocycles. The fourth-order valence-corrected chi connectivity index (χ4v) is 1.25. The third kappa shape index (κ3) is 2.70. The molecule has 8 heteroatoms. The van der Waals surface area contributed by atoms with Gasteiger partial charge in [0.05, 0.1) is 0 Å². The van der Waals surface area contributed by atoms with Gasteiger partial charge in [-0.05, 0) is 11.1 Å². The molecule has 2 heterocycles. The Labute approximate surface area is 116 Å². The fraction of sp³-hybridized carbons (Fsp3) is 0. The number of hydrogen-bond acceptors (Lipinski definition) is 2. The van der Waals surface area contributed by atoms with Gasteiger partial charge in [-0.1, -0.05) is 17.7 Å². The van der Waals surface area contributed by atoms with E-state index in [1.165, 1.54) is 6.20 Å². The van der Waals surface area contributed by atoms with Gasteiger partial charge < -0.3 is 10.1 Å². The first-order valence-electron chi connectivity index (χ1n) is 3.73. The van der Waals surface area contributed by atoms with Crippen LogP contribution in [0.3, 0.4) is 0 Å². The second-order valence-corrected chi connectivity index (χ2v) is 2.97. The molecule has 0 radical (unpaired) electrons. The van der Waals surface area contributed by atoms with Gasteiger partial charge in [0.25, 0.3) is 0 Å². The molecule has 0 fully saturated rings. The van der Waals surface area contributed by atoms with Crippen LogP contribution in [0.4, 0.5) is 4.39 Å². The topological polar surface area (TPSA) is 64.3 Å². The van der Waals surface area contributed by atoms with E-state index in [2.05, 4.69) is 29.6 Å². The summed E-state index contributed by atoms with van der Waals surface area (Å²) in [6, 6.07) is 1.13. The van der Waals surface area contributed by atoms with Crippen molar-refractivity contribution in [2.75, 3.05) is 0 Å².